The molecule has 0 saturated carbocycles. The normalized spacial score (nSPS) is 18.0. The number of hydrogen-bond acceptors (Lipinski definition) is 5. The Hall–Kier alpha value is -0.980. The van der Waals surface area contributed by atoms with Gasteiger partial charge >= 0.3 is 0 Å². The van der Waals surface area contributed by atoms with Crippen molar-refractivity contribution in [3.05, 3.63) is 28.0 Å². The summed E-state index contributed by atoms with van der Waals surface area (Å²) in [6, 6.07) is 0. The molecule has 102 valence electrons. The summed E-state index contributed by atoms with van der Waals surface area (Å²) >= 11 is 7.30. The van der Waals surface area contributed by atoms with Crippen LogP contribution in [-0.4, -0.2) is 37.4 Å². The highest BCUT2D eigenvalue weighted by Gasteiger charge is 2.22. The fraction of sp³-hybridized carbons (Fsp3) is 0.583. The first-order valence-corrected chi connectivity index (χ1v) is 7.55. The number of nitrogens with zero attached hydrogens (tertiary/aromatic N) is 5. The van der Waals surface area contributed by atoms with Crippen LogP contribution < -0.4 is 0 Å². The zero-order valence-electron chi connectivity index (χ0n) is 10.8. The number of hydrogen-bond donors (Lipinski definition) is 0. The standard InChI is InChI=1S/C12H16ClN5S/c1-17-7-10(6-14-17)9-2-4-18(5-3-9)8-11-12(13)19-16-15-11/h6-7,9H,2-5,8H2,1H3. The van der Waals surface area contributed by atoms with E-state index in [4.69, 9.17) is 11.6 Å². The number of aryl methyl sites for hydroxylation is 1. The topological polar surface area (TPSA) is 46.8 Å². The molecule has 0 aliphatic carbocycles. The van der Waals surface area contributed by atoms with E-state index in [2.05, 4.69) is 25.8 Å². The third-order valence-electron chi connectivity index (χ3n) is 3.67. The van der Waals surface area contributed by atoms with E-state index in [1.807, 2.05) is 17.9 Å². The highest BCUT2D eigenvalue weighted by molar-refractivity contribution is 7.10. The van der Waals surface area contributed by atoms with E-state index in [0.29, 0.717) is 5.92 Å². The average Bonchev–Trinajstić information content (AvgIpc) is 3.00. The molecule has 0 radical (unpaired) electrons. The lowest BCUT2D eigenvalue weighted by Gasteiger charge is -2.30. The van der Waals surface area contributed by atoms with Crippen LogP contribution in [0.4, 0.5) is 0 Å². The first-order chi connectivity index (χ1) is 9.22. The number of aromatic nitrogens is 4. The quantitative estimate of drug-likeness (QED) is 0.872. The van der Waals surface area contributed by atoms with E-state index in [-0.39, 0.29) is 0 Å². The van der Waals surface area contributed by atoms with Crippen molar-refractivity contribution in [2.75, 3.05) is 13.1 Å². The van der Waals surface area contributed by atoms with Crippen molar-refractivity contribution in [3.63, 3.8) is 0 Å². The third-order valence-corrected chi connectivity index (χ3v) is 4.65. The Balaban J connectivity index is 1.56. The fourth-order valence-corrected chi connectivity index (χ4v) is 3.19. The average molecular weight is 298 g/mol. The summed E-state index contributed by atoms with van der Waals surface area (Å²) in [5, 5.41) is 8.32. The molecule has 2 aromatic heterocycles. The molecule has 0 atom stereocenters. The van der Waals surface area contributed by atoms with Gasteiger partial charge in [-0.25, -0.2) is 0 Å². The summed E-state index contributed by atoms with van der Waals surface area (Å²) in [5.41, 5.74) is 2.27. The Bertz CT molecular complexity index is 544. The molecular formula is C12H16ClN5S. The van der Waals surface area contributed by atoms with Gasteiger partial charge in [-0.1, -0.05) is 16.1 Å². The summed E-state index contributed by atoms with van der Waals surface area (Å²) in [6.07, 6.45) is 6.45. The van der Waals surface area contributed by atoms with Gasteiger partial charge < -0.3 is 0 Å². The van der Waals surface area contributed by atoms with Crippen molar-refractivity contribution < 1.29 is 0 Å². The van der Waals surface area contributed by atoms with Gasteiger partial charge in [-0.2, -0.15) is 5.10 Å². The molecule has 0 N–H and O–H groups in total. The van der Waals surface area contributed by atoms with Gasteiger partial charge in [0, 0.05) is 31.3 Å². The van der Waals surface area contributed by atoms with E-state index < -0.39 is 0 Å². The van der Waals surface area contributed by atoms with E-state index in [9.17, 15) is 0 Å². The van der Waals surface area contributed by atoms with Gasteiger partial charge in [0.25, 0.3) is 0 Å². The second kappa shape index (κ2) is 5.56. The Morgan fingerprint density at radius 3 is 2.79 bits per heavy atom. The van der Waals surface area contributed by atoms with E-state index in [1.165, 1.54) is 29.9 Å². The van der Waals surface area contributed by atoms with Crippen molar-refractivity contribution in [1.29, 1.82) is 0 Å². The Kier molecular flexibility index (Phi) is 3.81. The van der Waals surface area contributed by atoms with Gasteiger partial charge in [-0.05, 0) is 37.4 Å². The number of likely N-dealkylation sites (tertiary alicyclic amines) is 1. The predicted molar refractivity (Wildman–Crippen MR) is 75.4 cm³/mol. The fourth-order valence-electron chi connectivity index (χ4n) is 2.58. The maximum Gasteiger partial charge on any atom is 0.138 e. The first kappa shape index (κ1) is 13.0. The van der Waals surface area contributed by atoms with E-state index in [1.54, 1.807) is 0 Å². The molecule has 0 unspecified atom stereocenters. The molecule has 3 rings (SSSR count). The largest absolute Gasteiger partial charge is 0.297 e. The molecule has 0 spiro atoms. The van der Waals surface area contributed by atoms with Crippen LogP contribution in [0.3, 0.4) is 0 Å². The van der Waals surface area contributed by atoms with Gasteiger partial charge in [0.2, 0.25) is 0 Å². The molecule has 19 heavy (non-hydrogen) atoms. The van der Waals surface area contributed by atoms with Crippen LogP contribution >= 0.6 is 23.1 Å². The summed E-state index contributed by atoms with van der Waals surface area (Å²) in [5.74, 6) is 0.633. The summed E-state index contributed by atoms with van der Waals surface area (Å²) in [6.45, 7) is 2.97. The smallest absolute Gasteiger partial charge is 0.138 e. The summed E-state index contributed by atoms with van der Waals surface area (Å²) in [7, 11) is 1.97. The van der Waals surface area contributed by atoms with Gasteiger partial charge in [0.15, 0.2) is 0 Å². The molecular weight excluding hydrogens is 282 g/mol. The van der Waals surface area contributed by atoms with Crippen molar-refractivity contribution >= 4 is 23.1 Å². The Morgan fingerprint density at radius 2 is 2.21 bits per heavy atom. The molecule has 1 aliphatic rings. The minimum Gasteiger partial charge on any atom is -0.297 e. The second-order valence-corrected chi connectivity index (χ2v) is 6.35. The van der Waals surface area contributed by atoms with E-state index >= 15 is 0 Å². The minimum absolute atomic E-state index is 0.633. The van der Waals surface area contributed by atoms with Crippen molar-refractivity contribution in [1.82, 2.24) is 24.3 Å². The highest BCUT2D eigenvalue weighted by atomic mass is 35.5. The first-order valence-electron chi connectivity index (χ1n) is 6.40. The van der Waals surface area contributed by atoms with Crippen LogP contribution in [0.15, 0.2) is 12.4 Å². The molecule has 0 aromatic carbocycles. The monoisotopic (exact) mass is 297 g/mol. The molecule has 1 fully saturated rings. The van der Waals surface area contributed by atoms with E-state index in [0.717, 1.165) is 29.7 Å². The Morgan fingerprint density at radius 1 is 1.42 bits per heavy atom. The molecule has 2 aromatic rings. The molecule has 1 aliphatic heterocycles. The molecule has 3 heterocycles. The highest BCUT2D eigenvalue weighted by Crippen LogP contribution is 2.29. The minimum atomic E-state index is 0.633. The third kappa shape index (κ3) is 2.96. The lowest BCUT2D eigenvalue weighted by atomic mass is 9.91. The maximum atomic E-state index is 6.04. The SMILES string of the molecule is Cn1cc(C2CCN(Cc3nnsc3Cl)CC2)cn1. The lowest BCUT2D eigenvalue weighted by molar-refractivity contribution is 0.202. The number of rotatable bonds is 3. The summed E-state index contributed by atoms with van der Waals surface area (Å²) in [4.78, 5) is 2.40. The zero-order chi connectivity index (χ0) is 13.2. The molecule has 7 heteroatoms. The van der Waals surface area contributed by atoms with Crippen LogP contribution in [0, 0.1) is 0 Å². The van der Waals surface area contributed by atoms with Gasteiger partial charge in [0.05, 0.1) is 6.20 Å². The van der Waals surface area contributed by atoms with Crippen molar-refractivity contribution in [2.45, 2.75) is 25.3 Å². The van der Waals surface area contributed by atoms with Crippen LogP contribution in [-0.2, 0) is 13.6 Å². The predicted octanol–water partition coefficient (Wildman–Crippen LogP) is 2.30. The number of piperidine rings is 1. The second-order valence-electron chi connectivity index (χ2n) is 4.99. The van der Waals surface area contributed by atoms with Crippen molar-refractivity contribution in [3.8, 4) is 0 Å². The van der Waals surface area contributed by atoms with Gasteiger partial charge in [-0.3, -0.25) is 9.58 Å². The van der Waals surface area contributed by atoms with Crippen LogP contribution in [0.5, 0.6) is 0 Å². The molecule has 1 saturated heterocycles. The van der Waals surface area contributed by atoms with Gasteiger partial charge in [0.1, 0.15) is 10.0 Å². The zero-order valence-corrected chi connectivity index (χ0v) is 12.4. The van der Waals surface area contributed by atoms with Crippen molar-refractivity contribution in [2.24, 2.45) is 7.05 Å². The molecule has 5 nitrogen and oxygen atoms in total. The van der Waals surface area contributed by atoms with Gasteiger partial charge in [-0.15, -0.1) is 5.10 Å². The lowest BCUT2D eigenvalue weighted by Crippen LogP contribution is -2.32. The summed E-state index contributed by atoms with van der Waals surface area (Å²) < 4.78 is 6.47. The maximum absolute atomic E-state index is 6.04. The Labute approximate surface area is 121 Å². The van der Waals surface area contributed by atoms with Crippen LogP contribution in [0.1, 0.15) is 30.0 Å². The molecule has 0 amide bonds. The van der Waals surface area contributed by atoms with Crippen LogP contribution in [0.25, 0.3) is 0 Å². The van der Waals surface area contributed by atoms with Crippen LogP contribution in [0.2, 0.25) is 4.34 Å². The number of halogens is 1. The molecule has 0 bridgehead atoms.